The molecule has 0 aliphatic heterocycles. The van der Waals surface area contributed by atoms with Gasteiger partial charge < -0.3 is 9.30 Å². The quantitative estimate of drug-likeness (QED) is 0.719. The molecule has 4 heteroatoms. The molecule has 3 rings (SSSR count). The Hall–Kier alpha value is -1.22. The first-order valence-electron chi connectivity index (χ1n) is 7.80. The predicted octanol–water partition coefficient (Wildman–Crippen LogP) is 5.09. The number of nitrogens with zero attached hydrogens (tertiary/aromatic N) is 2. The second-order valence-corrected chi connectivity index (χ2v) is 6.98. The van der Waals surface area contributed by atoms with Gasteiger partial charge in [-0.05, 0) is 58.6 Å². The van der Waals surface area contributed by atoms with E-state index in [1.807, 2.05) is 32.9 Å². The molecule has 1 heterocycles. The molecule has 1 fully saturated rings. The number of aromatic nitrogens is 2. The Morgan fingerprint density at radius 2 is 1.95 bits per heavy atom. The molecule has 114 valence electrons. The fourth-order valence-corrected chi connectivity index (χ4v) is 3.11. The molecule has 0 bridgehead atoms. The van der Waals surface area contributed by atoms with Crippen LogP contribution in [0.1, 0.15) is 57.8 Å². The Morgan fingerprint density at radius 1 is 1.24 bits per heavy atom. The van der Waals surface area contributed by atoms with Crippen LogP contribution in [-0.2, 0) is 0 Å². The van der Waals surface area contributed by atoms with Crippen molar-refractivity contribution in [2.45, 2.75) is 58.1 Å². The number of rotatable bonds is 5. The summed E-state index contributed by atoms with van der Waals surface area (Å²) in [4.78, 5) is 4.80. The molecule has 2 aromatic rings. The Labute approximate surface area is 131 Å². The first-order valence-corrected chi connectivity index (χ1v) is 8.24. The van der Waals surface area contributed by atoms with Crippen LogP contribution in [0.3, 0.4) is 0 Å². The van der Waals surface area contributed by atoms with Gasteiger partial charge in [0.1, 0.15) is 17.1 Å². The lowest BCUT2D eigenvalue weighted by Crippen LogP contribution is -2.11. The molecule has 0 amide bonds. The van der Waals surface area contributed by atoms with E-state index >= 15 is 0 Å². The number of halogens is 1. The number of fused-ring (bicyclic) bond motifs is 1. The summed E-state index contributed by atoms with van der Waals surface area (Å²) >= 11 is 6.38. The maximum absolute atomic E-state index is 6.38. The molecular weight excluding hydrogens is 284 g/mol. The Morgan fingerprint density at radius 3 is 2.52 bits per heavy atom. The van der Waals surface area contributed by atoms with Crippen LogP contribution in [0.2, 0.25) is 0 Å². The fourth-order valence-electron chi connectivity index (χ4n) is 2.96. The van der Waals surface area contributed by atoms with E-state index in [2.05, 4.69) is 17.6 Å². The van der Waals surface area contributed by atoms with Gasteiger partial charge in [0.25, 0.3) is 0 Å². The summed E-state index contributed by atoms with van der Waals surface area (Å²) < 4.78 is 8.23. The van der Waals surface area contributed by atoms with Crippen LogP contribution < -0.4 is 4.74 Å². The zero-order valence-electron chi connectivity index (χ0n) is 13.1. The lowest BCUT2D eigenvalue weighted by atomic mass is 10.2. The summed E-state index contributed by atoms with van der Waals surface area (Å²) in [6, 6.07) is 6.60. The number of hydrogen-bond acceptors (Lipinski definition) is 2. The third kappa shape index (κ3) is 2.76. The lowest BCUT2D eigenvalue weighted by molar-refractivity contribution is 0.245. The maximum atomic E-state index is 6.38. The molecular formula is C17H23ClN2O. The van der Waals surface area contributed by atoms with Crippen LogP contribution in [0.5, 0.6) is 5.75 Å². The molecule has 0 spiro atoms. The van der Waals surface area contributed by atoms with Gasteiger partial charge in [-0.25, -0.2) is 4.98 Å². The summed E-state index contributed by atoms with van der Waals surface area (Å²) in [5.41, 5.74) is 2.07. The van der Waals surface area contributed by atoms with Crippen molar-refractivity contribution < 1.29 is 4.74 Å². The monoisotopic (exact) mass is 306 g/mol. The molecule has 1 aromatic heterocycles. The molecule has 2 unspecified atom stereocenters. The molecule has 1 aromatic carbocycles. The number of hydrogen-bond donors (Lipinski definition) is 0. The molecule has 1 aliphatic rings. The minimum atomic E-state index is -0.106. The molecule has 0 N–H and O–H groups in total. The van der Waals surface area contributed by atoms with Crippen molar-refractivity contribution in [3.63, 3.8) is 0 Å². The van der Waals surface area contributed by atoms with Crippen molar-refractivity contribution in [3.8, 4) is 5.75 Å². The van der Waals surface area contributed by atoms with E-state index < -0.39 is 0 Å². The SMILES string of the molecule is CC(C)Oc1cccc2c1nc(C(C)Cl)n2C(C)C1CC1. The van der Waals surface area contributed by atoms with Crippen LogP contribution >= 0.6 is 11.6 Å². The zero-order valence-corrected chi connectivity index (χ0v) is 13.9. The van der Waals surface area contributed by atoms with Gasteiger partial charge in [-0.2, -0.15) is 0 Å². The highest BCUT2D eigenvalue weighted by atomic mass is 35.5. The molecule has 1 saturated carbocycles. The van der Waals surface area contributed by atoms with Crippen molar-refractivity contribution in [1.82, 2.24) is 9.55 Å². The van der Waals surface area contributed by atoms with Gasteiger partial charge >= 0.3 is 0 Å². The highest BCUT2D eigenvalue weighted by Crippen LogP contribution is 2.43. The molecule has 0 saturated heterocycles. The number of para-hydroxylation sites is 1. The summed E-state index contributed by atoms with van der Waals surface area (Å²) in [6.45, 7) is 8.33. The fraction of sp³-hybridized carbons (Fsp3) is 0.588. The summed E-state index contributed by atoms with van der Waals surface area (Å²) in [5.74, 6) is 2.56. The van der Waals surface area contributed by atoms with Gasteiger partial charge in [-0.1, -0.05) is 6.07 Å². The van der Waals surface area contributed by atoms with Crippen molar-refractivity contribution in [3.05, 3.63) is 24.0 Å². The number of ether oxygens (including phenoxy) is 1. The van der Waals surface area contributed by atoms with Gasteiger partial charge in [0, 0.05) is 6.04 Å². The van der Waals surface area contributed by atoms with Gasteiger partial charge in [0.05, 0.1) is 17.0 Å². The van der Waals surface area contributed by atoms with E-state index in [9.17, 15) is 0 Å². The standard InChI is InChI=1S/C17H23ClN2O/c1-10(2)21-15-7-5-6-14-16(15)19-17(11(3)18)20(14)12(4)13-8-9-13/h5-7,10-13H,8-9H2,1-4H3. The molecule has 21 heavy (non-hydrogen) atoms. The third-order valence-corrected chi connectivity index (χ3v) is 4.34. The summed E-state index contributed by atoms with van der Waals surface area (Å²) in [7, 11) is 0. The van der Waals surface area contributed by atoms with E-state index in [1.54, 1.807) is 0 Å². The van der Waals surface area contributed by atoms with Crippen molar-refractivity contribution in [2.75, 3.05) is 0 Å². The normalized spacial score (nSPS) is 18.2. The van der Waals surface area contributed by atoms with E-state index in [0.717, 1.165) is 28.5 Å². The van der Waals surface area contributed by atoms with E-state index in [-0.39, 0.29) is 11.5 Å². The second-order valence-electron chi connectivity index (χ2n) is 6.32. The number of imidazole rings is 1. The third-order valence-electron chi connectivity index (χ3n) is 4.14. The maximum Gasteiger partial charge on any atom is 0.147 e. The molecule has 3 nitrogen and oxygen atoms in total. The van der Waals surface area contributed by atoms with E-state index in [0.29, 0.717) is 6.04 Å². The smallest absolute Gasteiger partial charge is 0.147 e. The van der Waals surface area contributed by atoms with Crippen molar-refractivity contribution in [1.29, 1.82) is 0 Å². The minimum absolute atomic E-state index is 0.106. The summed E-state index contributed by atoms with van der Waals surface area (Å²) in [5, 5.41) is -0.106. The Kier molecular flexibility index (Phi) is 3.87. The van der Waals surface area contributed by atoms with E-state index in [1.165, 1.54) is 12.8 Å². The number of alkyl halides is 1. The van der Waals surface area contributed by atoms with Gasteiger partial charge in [0.2, 0.25) is 0 Å². The predicted molar refractivity (Wildman–Crippen MR) is 87.2 cm³/mol. The van der Waals surface area contributed by atoms with E-state index in [4.69, 9.17) is 21.3 Å². The average molecular weight is 307 g/mol. The Balaban J connectivity index is 2.16. The zero-order chi connectivity index (χ0) is 15.1. The molecule has 0 radical (unpaired) electrons. The van der Waals surface area contributed by atoms with Gasteiger partial charge in [-0.15, -0.1) is 11.6 Å². The van der Waals surface area contributed by atoms with Crippen LogP contribution in [0.25, 0.3) is 11.0 Å². The second kappa shape index (κ2) is 5.53. The average Bonchev–Trinajstić information content (AvgIpc) is 3.17. The van der Waals surface area contributed by atoms with Crippen LogP contribution in [0, 0.1) is 5.92 Å². The Bertz CT molecular complexity index is 644. The van der Waals surface area contributed by atoms with Gasteiger partial charge in [0.15, 0.2) is 0 Å². The summed E-state index contributed by atoms with van der Waals surface area (Å²) in [6.07, 6.45) is 2.75. The highest BCUT2D eigenvalue weighted by molar-refractivity contribution is 6.20. The lowest BCUT2D eigenvalue weighted by Gasteiger charge is -2.18. The van der Waals surface area contributed by atoms with Crippen LogP contribution in [-0.4, -0.2) is 15.7 Å². The van der Waals surface area contributed by atoms with Gasteiger partial charge in [-0.3, -0.25) is 0 Å². The van der Waals surface area contributed by atoms with Crippen LogP contribution in [0.15, 0.2) is 18.2 Å². The largest absolute Gasteiger partial charge is 0.489 e. The van der Waals surface area contributed by atoms with Crippen molar-refractivity contribution >= 4 is 22.6 Å². The molecule has 1 aliphatic carbocycles. The highest BCUT2D eigenvalue weighted by Gasteiger charge is 2.32. The number of benzene rings is 1. The molecule has 2 atom stereocenters. The topological polar surface area (TPSA) is 27.1 Å². The minimum Gasteiger partial charge on any atom is -0.489 e. The first kappa shape index (κ1) is 14.7. The van der Waals surface area contributed by atoms with Crippen molar-refractivity contribution in [2.24, 2.45) is 5.92 Å². The van der Waals surface area contributed by atoms with Crippen LogP contribution in [0.4, 0.5) is 0 Å². The first-order chi connectivity index (χ1) is 9.99.